The van der Waals surface area contributed by atoms with Gasteiger partial charge in [0.1, 0.15) is 5.56 Å². The van der Waals surface area contributed by atoms with Crippen LogP contribution in [0, 0.1) is 6.92 Å². The third-order valence-electron chi connectivity index (χ3n) is 3.29. The summed E-state index contributed by atoms with van der Waals surface area (Å²) in [7, 11) is 1.54. The number of carboxylic acids is 1. The minimum Gasteiger partial charge on any atom is -0.478 e. The molecule has 0 spiro atoms. The van der Waals surface area contributed by atoms with Crippen LogP contribution in [0.15, 0.2) is 24.4 Å². The van der Waals surface area contributed by atoms with E-state index in [1.54, 1.807) is 11.8 Å². The molecule has 1 aromatic heterocycles. The molecule has 0 bridgehead atoms. The Bertz CT molecular complexity index is 632. The van der Waals surface area contributed by atoms with Crippen molar-refractivity contribution in [2.75, 3.05) is 7.11 Å². The summed E-state index contributed by atoms with van der Waals surface area (Å²) in [6.45, 7) is 4.27. The molecule has 0 aliphatic rings. The molecule has 1 heterocycles. The molecule has 106 valence electrons. The second-order valence-electron chi connectivity index (χ2n) is 4.59. The van der Waals surface area contributed by atoms with E-state index in [0.29, 0.717) is 5.69 Å². The third-order valence-corrected chi connectivity index (χ3v) is 3.29. The lowest BCUT2D eigenvalue weighted by molar-refractivity contribution is 0.0691. The third kappa shape index (κ3) is 2.44. The van der Waals surface area contributed by atoms with Crippen LogP contribution < -0.4 is 0 Å². The first kappa shape index (κ1) is 14.3. The van der Waals surface area contributed by atoms with Crippen molar-refractivity contribution < 1.29 is 14.6 Å². The van der Waals surface area contributed by atoms with E-state index in [1.165, 1.54) is 6.20 Å². The Morgan fingerprint density at radius 1 is 1.45 bits per heavy atom. The Labute approximate surface area is 117 Å². The molecule has 1 aromatic carbocycles. The number of aromatic carboxylic acids is 1. The smallest absolute Gasteiger partial charge is 0.339 e. The summed E-state index contributed by atoms with van der Waals surface area (Å²) >= 11 is 0. The van der Waals surface area contributed by atoms with Crippen LogP contribution in [0.3, 0.4) is 0 Å². The lowest BCUT2D eigenvalue weighted by Gasteiger charge is -2.14. The van der Waals surface area contributed by atoms with Crippen molar-refractivity contribution in [3.05, 3.63) is 46.8 Å². The summed E-state index contributed by atoms with van der Waals surface area (Å²) in [5.74, 6) is -0.991. The maximum atomic E-state index is 11.3. The summed E-state index contributed by atoms with van der Waals surface area (Å²) in [5.41, 5.74) is 3.86. The molecule has 0 radical (unpaired) electrons. The molecule has 5 nitrogen and oxygen atoms in total. The van der Waals surface area contributed by atoms with Gasteiger partial charge in [0.15, 0.2) is 0 Å². The second-order valence-corrected chi connectivity index (χ2v) is 4.59. The molecular formula is C15H18N2O3. The van der Waals surface area contributed by atoms with E-state index in [0.717, 1.165) is 23.2 Å². The van der Waals surface area contributed by atoms with E-state index in [2.05, 4.69) is 12.0 Å². The van der Waals surface area contributed by atoms with Gasteiger partial charge in [0.2, 0.25) is 0 Å². The molecule has 0 aliphatic heterocycles. The molecule has 0 unspecified atom stereocenters. The van der Waals surface area contributed by atoms with Gasteiger partial charge in [-0.25, -0.2) is 9.48 Å². The van der Waals surface area contributed by atoms with Gasteiger partial charge in [-0.1, -0.05) is 25.1 Å². The van der Waals surface area contributed by atoms with Gasteiger partial charge in [0.25, 0.3) is 0 Å². The van der Waals surface area contributed by atoms with Crippen LogP contribution in [-0.4, -0.2) is 28.0 Å². The number of nitrogens with zero attached hydrogens (tertiary/aromatic N) is 2. The lowest BCUT2D eigenvalue weighted by atomic mass is 10.1. The Morgan fingerprint density at radius 2 is 2.20 bits per heavy atom. The molecule has 1 N–H and O–H groups in total. The number of ether oxygens (including phenoxy) is 1. The summed E-state index contributed by atoms with van der Waals surface area (Å²) in [4.78, 5) is 11.3. The zero-order valence-corrected chi connectivity index (χ0v) is 11.9. The first-order valence-electron chi connectivity index (χ1n) is 6.48. The van der Waals surface area contributed by atoms with E-state index >= 15 is 0 Å². The number of aromatic nitrogens is 2. The van der Waals surface area contributed by atoms with Crippen LogP contribution in [0.25, 0.3) is 5.69 Å². The number of rotatable bonds is 5. The van der Waals surface area contributed by atoms with E-state index in [1.807, 2.05) is 25.1 Å². The van der Waals surface area contributed by atoms with Crippen molar-refractivity contribution in [2.45, 2.75) is 26.9 Å². The molecule has 0 saturated carbocycles. The quantitative estimate of drug-likeness (QED) is 0.910. The fourth-order valence-electron chi connectivity index (χ4n) is 2.33. The zero-order chi connectivity index (χ0) is 14.7. The summed E-state index contributed by atoms with van der Waals surface area (Å²) in [6.07, 6.45) is 2.23. The lowest BCUT2D eigenvalue weighted by Crippen LogP contribution is -2.10. The fraction of sp³-hybridized carbons (Fsp3) is 0.333. The van der Waals surface area contributed by atoms with Gasteiger partial charge in [-0.15, -0.1) is 0 Å². The summed E-state index contributed by atoms with van der Waals surface area (Å²) in [5, 5.41) is 13.5. The highest BCUT2D eigenvalue weighted by Crippen LogP contribution is 2.23. The van der Waals surface area contributed by atoms with Gasteiger partial charge in [-0.3, -0.25) is 0 Å². The van der Waals surface area contributed by atoms with Gasteiger partial charge >= 0.3 is 5.97 Å². The number of carboxylic acid groups (broad SMARTS) is 1. The number of carbonyl (C=O) groups is 1. The van der Waals surface area contributed by atoms with Gasteiger partial charge in [-0.05, 0) is 24.5 Å². The second kappa shape index (κ2) is 5.88. The summed E-state index contributed by atoms with van der Waals surface area (Å²) < 4.78 is 6.81. The molecular weight excluding hydrogens is 256 g/mol. The van der Waals surface area contributed by atoms with Crippen LogP contribution in [0.1, 0.15) is 34.1 Å². The van der Waals surface area contributed by atoms with Crippen molar-refractivity contribution in [3.63, 3.8) is 0 Å². The highest BCUT2D eigenvalue weighted by Gasteiger charge is 2.19. The minimum absolute atomic E-state index is 0.178. The van der Waals surface area contributed by atoms with Gasteiger partial charge in [-0.2, -0.15) is 5.10 Å². The normalized spacial score (nSPS) is 10.8. The van der Waals surface area contributed by atoms with Gasteiger partial charge in [0.05, 0.1) is 24.2 Å². The predicted octanol–water partition coefficient (Wildman–Crippen LogP) is 2.59. The topological polar surface area (TPSA) is 64.4 Å². The van der Waals surface area contributed by atoms with Crippen LogP contribution in [0.4, 0.5) is 0 Å². The fourth-order valence-corrected chi connectivity index (χ4v) is 2.33. The van der Waals surface area contributed by atoms with Crippen LogP contribution in [0.5, 0.6) is 0 Å². The number of hydrogen-bond acceptors (Lipinski definition) is 3. The highest BCUT2D eigenvalue weighted by molar-refractivity contribution is 5.88. The van der Waals surface area contributed by atoms with Gasteiger partial charge in [0, 0.05) is 7.11 Å². The van der Waals surface area contributed by atoms with Crippen molar-refractivity contribution in [2.24, 2.45) is 0 Å². The summed E-state index contributed by atoms with van der Waals surface area (Å²) in [6, 6.07) is 6.02. The van der Waals surface area contributed by atoms with Crippen molar-refractivity contribution >= 4 is 5.97 Å². The van der Waals surface area contributed by atoms with Crippen LogP contribution in [-0.2, 0) is 17.8 Å². The zero-order valence-electron chi connectivity index (χ0n) is 11.9. The molecule has 2 rings (SSSR count). The van der Waals surface area contributed by atoms with Crippen molar-refractivity contribution in [3.8, 4) is 5.69 Å². The standard InChI is InChI=1S/C15H18N2O3/c1-4-11-7-5-6-10(2)14(11)17-13(9-20-3)12(8-16-17)15(18)19/h5-8H,4,9H2,1-3H3,(H,18,19). The van der Waals surface area contributed by atoms with Crippen molar-refractivity contribution in [1.29, 1.82) is 0 Å². The maximum absolute atomic E-state index is 11.3. The monoisotopic (exact) mass is 274 g/mol. The number of para-hydroxylation sites is 1. The van der Waals surface area contributed by atoms with Crippen LogP contribution >= 0.6 is 0 Å². The molecule has 5 heteroatoms. The Kier molecular flexibility index (Phi) is 4.20. The average Bonchev–Trinajstić information content (AvgIpc) is 2.82. The molecule has 0 atom stereocenters. The minimum atomic E-state index is -0.991. The molecule has 0 aliphatic carbocycles. The number of methoxy groups -OCH3 is 1. The Hall–Kier alpha value is -2.14. The van der Waals surface area contributed by atoms with Gasteiger partial charge < -0.3 is 9.84 Å². The molecule has 2 aromatic rings. The largest absolute Gasteiger partial charge is 0.478 e. The highest BCUT2D eigenvalue weighted by atomic mass is 16.5. The molecule has 0 saturated heterocycles. The molecule has 20 heavy (non-hydrogen) atoms. The number of hydrogen-bond donors (Lipinski definition) is 1. The SMILES string of the molecule is CCc1cccc(C)c1-n1ncc(C(=O)O)c1COC. The number of benzene rings is 1. The van der Waals surface area contributed by atoms with Crippen LogP contribution in [0.2, 0.25) is 0 Å². The predicted molar refractivity (Wildman–Crippen MR) is 75.4 cm³/mol. The Morgan fingerprint density at radius 3 is 2.80 bits per heavy atom. The Balaban J connectivity index is 2.67. The average molecular weight is 274 g/mol. The first-order chi connectivity index (χ1) is 9.60. The van der Waals surface area contributed by atoms with E-state index in [4.69, 9.17) is 4.74 Å². The first-order valence-corrected chi connectivity index (χ1v) is 6.48. The van der Waals surface area contributed by atoms with E-state index < -0.39 is 5.97 Å². The van der Waals surface area contributed by atoms with E-state index in [-0.39, 0.29) is 12.2 Å². The number of aryl methyl sites for hydroxylation is 2. The van der Waals surface area contributed by atoms with Crippen molar-refractivity contribution in [1.82, 2.24) is 9.78 Å². The molecule has 0 amide bonds. The molecule has 0 fully saturated rings. The van der Waals surface area contributed by atoms with E-state index in [9.17, 15) is 9.90 Å². The maximum Gasteiger partial charge on any atom is 0.339 e.